The molecule has 0 aliphatic carbocycles. The maximum Gasteiger partial charge on any atom is 0.0694 e. The first kappa shape index (κ1) is 12.4. The molecule has 2 aliphatic heterocycles. The van der Waals surface area contributed by atoms with Gasteiger partial charge < -0.3 is 10.1 Å². The summed E-state index contributed by atoms with van der Waals surface area (Å²) >= 11 is 0. The Kier molecular flexibility index (Phi) is 2.87. The van der Waals surface area contributed by atoms with Crippen LogP contribution >= 0.6 is 0 Å². The molecule has 0 amide bonds. The van der Waals surface area contributed by atoms with Crippen molar-refractivity contribution in [1.82, 2.24) is 5.32 Å². The monoisotopic (exact) mass is 225 g/mol. The summed E-state index contributed by atoms with van der Waals surface area (Å²) in [4.78, 5) is 0. The van der Waals surface area contributed by atoms with Gasteiger partial charge in [-0.05, 0) is 59.5 Å². The van der Waals surface area contributed by atoms with Gasteiger partial charge in [0.05, 0.1) is 11.2 Å². The SMILES string of the molecule is CCC1CNCCC12CC(C)(C)OC2(C)C. The molecule has 1 spiro atoms. The number of rotatable bonds is 1. The molecule has 0 aromatic carbocycles. The summed E-state index contributed by atoms with van der Waals surface area (Å²) in [5.74, 6) is 0.762. The van der Waals surface area contributed by atoms with Gasteiger partial charge in [0.1, 0.15) is 0 Å². The van der Waals surface area contributed by atoms with E-state index >= 15 is 0 Å². The van der Waals surface area contributed by atoms with Crippen LogP contribution in [0.2, 0.25) is 0 Å². The average Bonchev–Trinajstić information content (AvgIpc) is 2.32. The Morgan fingerprint density at radius 2 is 1.94 bits per heavy atom. The lowest BCUT2D eigenvalue weighted by Gasteiger charge is -2.49. The van der Waals surface area contributed by atoms with Gasteiger partial charge in [-0.3, -0.25) is 0 Å². The topological polar surface area (TPSA) is 21.3 Å². The molecular weight excluding hydrogens is 198 g/mol. The molecule has 2 saturated heterocycles. The zero-order valence-corrected chi connectivity index (χ0v) is 11.5. The molecule has 2 aliphatic rings. The molecule has 0 aromatic rings. The molecule has 2 nitrogen and oxygen atoms in total. The molecule has 0 saturated carbocycles. The first-order valence-electron chi connectivity index (χ1n) is 6.74. The highest BCUT2D eigenvalue weighted by molar-refractivity contribution is 5.09. The number of hydrogen-bond acceptors (Lipinski definition) is 2. The van der Waals surface area contributed by atoms with Gasteiger partial charge in [0.2, 0.25) is 0 Å². The van der Waals surface area contributed by atoms with Crippen LogP contribution in [0.25, 0.3) is 0 Å². The Morgan fingerprint density at radius 1 is 1.25 bits per heavy atom. The van der Waals surface area contributed by atoms with Crippen molar-refractivity contribution in [2.75, 3.05) is 13.1 Å². The number of hydrogen-bond donors (Lipinski definition) is 1. The smallest absolute Gasteiger partial charge is 0.0694 e. The number of piperidine rings is 1. The van der Waals surface area contributed by atoms with E-state index in [1.807, 2.05) is 0 Å². The van der Waals surface area contributed by atoms with E-state index in [-0.39, 0.29) is 11.2 Å². The molecular formula is C14H27NO. The van der Waals surface area contributed by atoms with Crippen LogP contribution < -0.4 is 5.32 Å². The summed E-state index contributed by atoms with van der Waals surface area (Å²) in [6.07, 6.45) is 3.74. The standard InChI is InChI=1S/C14H27NO/c1-6-11-9-15-8-7-14(11)10-12(2,3)16-13(14,4)5/h11,15H,6-10H2,1-5H3. The van der Waals surface area contributed by atoms with Gasteiger partial charge in [-0.2, -0.15) is 0 Å². The Labute approximate surface area is 100 Å². The summed E-state index contributed by atoms with van der Waals surface area (Å²) in [7, 11) is 0. The van der Waals surface area contributed by atoms with Gasteiger partial charge in [-0.25, -0.2) is 0 Å². The summed E-state index contributed by atoms with van der Waals surface area (Å²) in [5, 5.41) is 3.55. The summed E-state index contributed by atoms with van der Waals surface area (Å²) in [5.41, 5.74) is 0.462. The van der Waals surface area contributed by atoms with E-state index in [0.717, 1.165) is 12.5 Å². The fourth-order valence-corrected chi connectivity index (χ4v) is 4.35. The molecule has 2 atom stereocenters. The Morgan fingerprint density at radius 3 is 2.44 bits per heavy atom. The van der Waals surface area contributed by atoms with Crippen molar-refractivity contribution in [1.29, 1.82) is 0 Å². The molecule has 2 rings (SSSR count). The molecule has 0 aromatic heterocycles. The van der Waals surface area contributed by atoms with Crippen molar-refractivity contribution in [2.45, 2.75) is 65.1 Å². The molecule has 1 N–H and O–H groups in total. The van der Waals surface area contributed by atoms with E-state index in [9.17, 15) is 0 Å². The van der Waals surface area contributed by atoms with Crippen LogP contribution in [0.4, 0.5) is 0 Å². The molecule has 2 fully saturated rings. The van der Waals surface area contributed by atoms with E-state index < -0.39 is 0 Å². The third kappa shape index (κ3) is 1.70. The normalized spacial score (nSPS) is 41.4. The second-order valence-corrected chi connectivity index (χ2v) is 6.76. The van der Waals surface area contributed by atoms with Gasteiger partial charge in [0.25, 0.3) is 0 Å². The van der Waals surface area contributed by atoms with Gasteiger partial charge in [-0.15, -0.1) is 0 Å². The maximum atomic E-state index is 6.33. The van der Waals surface area contributed by atoms with Crippen LogP contribution in [0, 0.1) is 11.3 Å². The third-order valence-corrected chi connectivity index (χ3v) is 4.88. The lowest BCUT2D eigenvalue weighted by atomic mass is 9.59. The predicted molar refractivity (Wildman–Crippen MR) is 67.6 cm³/mol. The fourth-order valence-electron chi connectivity index (χ4n) is 4.35. The molecule has 94 valence electrons. The Bertz CT molecular complexity index is 272. The molecule has 2 heterocycles. The lowest BCUT2D eigenvalue weighted by Crippen LogP contribution is -2.53. The van der Waals surface area contributed by atoms with Crippen LogP contribution in [-0.2, 0) is 4.74 Å². The second kappa shape index (κ2) is 3.71. The van der Waals surface area contributed by atoms with E-state index in [1.165, 1.54) is 25.8 Å². The van der Waals surface area contributed by atoms with Gasteiger partial charge in [-0.1, -0.05) is 13.3 Å². The van der Waals surface area contributed by atoms with Gasteiger partial charge in [0.15, 0.2) is 0 Å². The largest absolute Gasteiger partial charge is 0.369 e. The molecule has 2 heteroatoms. The number of ether oxygens (including phenoxy) is 1. The zero-order chi connectivity index (χ0) is 12.0. The van der Waals surface area contributed by atoms with Crippen LogP contribution in [0.3, 0.4) is 0 Å². The minimum absolute atomic E-state index is 0.0271. The fraction of sp³-hybridized carbons (Fsp3) is 1.00. The van der Waals surface area contributed by atoms with Crippen molar-refractivity contribution < 1.29 is 4.74 Å². The first-order chi connectivity index (χ1) is 7.33. The van der Waals surface area contributed by atoms with Crippen LogP contribution in [0.15, 0.2) is 0 Å². The molecule has 2 unspecified atom stereocenters. The zero-order valence-electron chi connectivity index (χ0n) is 11.5. The van der Waals surface area contributed by atoms with Crippen LogP contribution in [-0.4, -0.2) is 24.3 Å². The van der Waals surface area contributed by atoms with Gasteiger partial charge in [0, 0.05) is 5.41 Å². The predicted octanol–water partition coefficient (Wildman–Crippen LogP) is 2.97. The highest BCUT2D eigenvalue weighted by Crippen LogP contribution is 2.58. The van der Waals surface area contributed by atoms with Crippen molar-refractivity contribution in [3.05, 3.63) is 0 Å². The number of nitrogens with one attached hydrogen (secondary N) is 1. The Hall–Kier alpha value is -0.0800. The minimum Gasteiger partial charge on any atom is -0.369 e. The molecule has 0 bridgehead atoms. The van der Waals surface area contributed by atoms with Crippen molar-refractivity contribution >= 4 is 0 Å². The summed E-state index contributed by atoms with van der Waals surface area (Å²) in [6, 6.07) is 0. The highest BCUT2D eigenvalue weighted by atomic mass is 16.5. The van der Waals surface area contributed by atoms with Crippen molar-refractivity contribution in [3.8, 4) is 0 Å². The summed E-state index contributed by atoms with van der Waals surface area (Å²) in [6.45, 7) is 13.7. The highest BCUT2D eigenvalue weighted by Gasteiger charge is 2.60. The molecule has 0 radical (unpaired) electrons. The maximum absolute atomic E-state index is 6.33. The van der Waals surface area contributed by atoms with Crippen molar-refractivity contribution in [2.24, 2.45) is 11.3 Å². The third-order valence-electron chi connectivity index (χ3n) is 4.88. The first-order valence-corrected chi connectivity index (χ1v) is 6.74. The molecule has 16 heavy (non-hydrogen) atoms. The van der Waals surface area contributed by atoms with E-state index in [4.69, 9.17) is 4.74 Å². The quantitative estimate of drug-likeness (QED) is 0.741. The van der Waals surface area contributed by atoms with E-state index in [2.05, 4.69) is 39.9 Å². The van der Waals surface area contributed by atoms with Gasteiger partial charge >= 0.3 is 0 Å². The lowest BCUT2D eigenvalue weighted by molar-refractivity contribution is -0.113. The Balaban J connectivity index is 2.34. The average molecular weight is 225 g/mol. The van der Waals surface area contributed by atoms with Crippen LogP contribution in [0.5, 0.6) is 0 Å². The van der Waals surface area contributed by atoms with E-state index in [1.54, 1.807) is 0 Å². The summed E-state index contributed by atoms with van der Waals surface area (Å²) < 4.78 is 6.33. The van der Waals surface area contributed by atoms with E-state index in [0.29, 0.717) is 5.41 Å². The van der Waals surface area contributed by atoms with Crippen LogP contribution in [0.1, 0.15) is 53.9 Å². The minimum atomic E-state index is 0.0271. The van der Waals surface area contributed by atoms with Crippen molar-refractivity contribution in [3.63, 3.8) is 0 Å². The second-order valence-electron chi connectivity index (χ2n) is 6.76.